The highest BCUT2D eigenvalue weighted by Crippen LogP contribution is 2.28. The van der Waals surface area contributed by atoms with Crippen LogP contribution in [-0.2, 0) is 0 Å². The van der Waals surface area contributed by atoms with E-state index >= 15 is 0 Å². The molecule has 0 aliphatic heterocycles. The van der Waals surface area contributed by atoms with Crippen LogP contribution < -0.4 is 4.74 Å². The molecule has 2 rings (SSSR count). The first-order chi connectivity index (χ1) is 12.1. The molecule has 0 saturated carbocycles. The van der Waals surface area contributed by atoms with E-state index in [2.05, 4.69) is 5.92 Å². The molecule has 0 N–H and O–H groups in total. The van der Waals surface area contributed by atoms with Crippen LogP contribution in [0.15, 0.2) is 42.5 Å². The average Bonchev–Trinajstić information content (AvgIpc) is 2.64. The molecule has 2 aromatic carbocycles. The molecule has 0 atom stereocenters. The van der Waals surface area contributed by atoms with E-state index in [1.54, 1.807) is 24.3 Å². The number of terminal acetylenes is 1. The number of non-ortho nitro benzene ring substituents is 1. The number of nitro groups is 1. The van der Waals surface area contributed by atoms with Crippen LogP contribution >= 0.6 is 0 Å². The Morgan fingerprint density at radius 3 is 2.72 bits per heavy atom. The van der Waals surface area contributed by atoms with E-state index in [1.807, 2.05) is 12.1 Å². The monoisotopic (exact) mass is 329 g/mol. The third-order valence-corrected chi connectivity index (χ3v) is 3.24. The van der Waals surface area contributed by atoms with Crippen molar-refractivity contribution < 1.29 is 9.66 Å². The minimum Gasteiger partial charge on any atom is -0.480 e. The first-order valence-corrected chi connectivity index (χ1v) is 7.06. The van der Waals surface area contributed by atoms with Gasteiger partial charge in [0, 0.05) is 17.7 Å². The number of nitrogens with zero attached hydrogens (tertiary/aromatic N) is 3. The van der Waals surface area contributed by atoms with E-state index in [0.717, 1.165) is 0 Å². The molecule has 0 spiro atoms. The number of allylic oxidation sites excluding steroid dienone is 1. The van der Waals surface area contributed by atoms with E-state index < -0.39 is 4.92 Å². The third kappa shape index (κ3) is 4.22. The Morgan fingerprint density at radius 1 is 1.28 bits per heavy atom. The standard InChI is InChI=1S/C19H11N3O3/c1-2-8-25-19-7-6-18(22(23)24)11-16(19)10-17(13-21)15-5-3-4-14(9-15)12-20/h1,3-7,9-11H,8H2. The summed E-state index contributed by atoms with van der Waals surface area (Å²) in [6.45, 7) is -0.00947. The molecule has 0 unspecified atom stereocenters. The van der Waals surface area contributed by atoms with Crippen LogP contribution in [0.25, 0.3) is 11.6 Å². The Hall–Kier alpha value is -4.08. The molecule has 0 amide bonds. The lowest BCUT2D eigenvalue weighted by molar-refractivity contribution is -0.384. The fourth-order valence-electron chi connectivity index (χ4n) is 2.11. The Balaban J connectivity index is 2.56. The van der Waals surface area contributed by atoms with Crippen LogP contribution in [0.1, 0.15) is 16.7 Å². The molecule has 6 nitrogen and oxygen atoms in total. The largest absolute Gasteiger partial charge is 0.480 e. The zero-order chi connectivity index (χ0) is 18.2. The fraction of sp³-hybridized carbons (Fsp3) is 0.0526. The highest BCUT2D eigenvalue weighted by atomic mass is 16.6. The number of nitriles is 2. The summed E-state index contributed by atoms with van der Waals surface area (Å²) in [6, 6.07) is 14.6. The smallest absolute Gasteiger partial charge is 0.270 e. The maximum absolute atomic E-state index is 11.0. The molecule has 0 saturated heterocycles. The van der Waals surface area contributed by atoms with Crippen LogP contribution in [-0.4, -0.2) is 11.5 Å². The molecule has 0 aliphatic rings. The van der Waals surface area contributed by atoms with Gasteiger partial charge < -0.3 is 4.74 Å². The van der Waals surface area contributed by atoms with Crippen molar-refractivity contribution in [2.24, 2.45) is 0 Å². The van der Waals surface area contributed by atoms with Gasteiger partial charge in [-0.05, 0) is 29.8 Å². The summed E-state index contributed by atoms with van der Waals surface area (Å²) in [4.78, 5) is 10.5. The van der Waals surface area contributed by atoms with Gasteiger partial charge in [0.05, 0.1) is 28.2 Å². The molecule has 0 aliphatic carbocycles. The summed E-state index contributed by atoms with van der Waals surface area (Å²) in [5.74, 6) is 2.64. The highest BCUT2D eigenvalue weighted by molar-refractivity contribution is 5.91. The average molecular weight is 329 g/mol. The van der Waals surface area contributed by atoms with Gasteiger partial charge in [-0.15, -0.1) is 6.42 Å². The van der Waals surface area contributed by atoms with Crippen molar-refractivity contribution in [3.63, 3.8) is 0 Å². The Kier molecular flexibility index (Phi) is 5.50. The number of rotatable bonds is 5. The summed E-state index contributed by atoms with van der Waals surface area (Å²) in [5, 5.41) is 29.4. The van der Waals surface area contributed by atoms with Gasteiger partial charge in [0.2, 0.25) is 0 Å². The molecule has 0 aromatic heterocycles. The second-order valence-corrected chi connectivity index (χ2v) is 4.83. The van der Waals surface area contributed by atoms with Crippen molar-refractivity contribution in [3.8, 4) is 30.2 Å². The third-order valence-electron chi connectivity index (χ3n) is 3.24. The topological polar surface area (TPSA) is 99.9 Å². The normalized spacial score (nSPS) is 10.2. The first kappa shape index (κ1) is 17.3. The number of nitro benzene ring substituents is 1. The van der Waals surface area contributed by atoms with E-state index in [1.165, 1.54) is 24.3 Å². The Morgan fingerprint density at radius 2 is 2.08 bits per heavy atom. The lowest BCUT2D eigenvalue weighted by atomic mass is 10.0. The fourth-order valence-corrected chi connectivity index (χ4v) is 2.11. The van der Waals surface area contributed by atoms with E-state index in [-0.39, 0.29) is 17.9 Å². The molecular formula is C19H11N3O3. The predicted octanol–water partition coefficient (Wildman–Crippen LogP) is 3.54. The summed E-state index contributed by atoms with van der Waals surface area (Å²) in [5.41, 5.74) is 1.38. The summed E-state index contributed by atoms with van der Waals surface area (Å²) < 4.78 is 5.38. The van der Waals surface area contributed by atoms with Crippen LogP contribution in [0, 0.1) is 45.1 Å². The SMILES string of the molecule is C#CCOc1ccc([N+](=O)[O-])cc1C=C(C#N)c1cccc(C#N)c1. The highest BCUT2D eigenvalue weighted by Gasteiger charge is 2.12. The number of hydrogen-bond donors (Lipinski definition) is 0. The molecule has 0 fully saturated rings. The lowest BCUT2D eigenvalue weighted by Crippen LogP contribution is -1.97. The zero-order valence-corrected chi connectivity index (χ0v) is 13.0. The van der Waals surface area contributed by atoms with Crippen molar-refractivity contribution in [2.45, 2.75) is 0 Å². The number of hydrogen-bond acceptors (Lipinski definition) is 5. The van der Waals surface area contributed by atoms with Crippen LogP contribution in [0.3, 0.4) is 0 Å². The molecule has 120 valence electrons. The van der Waals surface area contributed by atoms with Gasteiger partial charge in [-0.3, -0.25) is 10.1 Å². The van der Waals surface area contributed by atoms with Gasteiger partial charge in [0.15, 0.2) is 0 Å². The van der Waals surface area contributed by atoms with Gasteiger partial charge in [-0.1, -0.05) is 18.1 Å². The van der Waals surface area contributed by atoms with Crippen molar-refractivity contribution in [1.29, 1.82) is 10.5 Å². The maximum atomic E-state index is 11.0. The van der Waals surface area contributed by atoms with Gasteiger partial charge >= 0.3 is 0 Å². The van der Waals surface area contributed by atoms with Crippen molar-refractivity contribution in [1.82, 2.24) is 0 Å². The first-order valence-electron chi connectivity index (χ1n) is 7.06. The van der Waals surface area contributed by atoms with Gasteiger partial charge in [-0.25, -0.2) is 0 Å². The molecule has 25 heavy (non-hydrogen) atoms. The number of benzene rings is 2. The van der Waals surface area contributed by atoms with Gasteiger partial charge in [0.1, 0.15) is 12.4 Å². The quantitative estimate of drug-likeness (QED) is 0.274. The summed E-state index contributed by atoms with van der Waals surface area (Å²) in [7, 11) is 0. The second-order valence-electron chi connectivity index (χ2n) is 4.83. The van der Waals surface area contributed by atoms with Crippen LogP contribution in [0.2, 0.25) is 0 Å². The van der Waals surface area contributed by atoms with Crippen molar-refractivity contribution in [3.05, 3.63) is 69.3 Å². The van der Waals surface area contributed by atoms with Crippen LogP contribution in [0.5, 0.6) is 5.75 Å². The van der Waals surface area contributed by atoms with Gasteiger partial charge in [-0.2, -0.15) is 10.5 Å². The zero-order valence-electron chi connectivity index (χ0n) is 13.0. The number of ether oxygens (including phenoxy) is 1. The predicted molar refractivity (Wildman–Crippen MR) is 92.1 cm³/mol. The Bertz CT molecular complexity index is 973. The van der Waals surface area contributed by atoms with Crippen LogP contribution in [0.4, 0.5) is 5.69 Å². The Labute approximate surface area is 144 Å². The lowest BCUT2D eigenvalue weighted by Gasteiger charge is -2.07. The minimum atomic E-state index is -0.537. The molecule has 0 radical (unpaired) electrons. The van der Waals surface area contributed by atoms with Gasteiger partial charge in [0.25, 0.3) is 5.69 Å². The van der Waals surface area contributed by atoms with E-state index in [0.29, 0.717) is 22.4 Å². The van der Waals surface area contributed by atoms with Crippen molar-refractivity contribution in [2.75, 3.05) is 6.61 Å². The molecule has 2 aromatic rings. The summed E-state index contributed by atoms with van der Waals surface area (Å²) >= 11 is 0. The van der Waals surface area contributed by atoms with E-state index in [9.17, 15) is 15.4 Å². The minimum absolute atomic E-state index is 0.00947. The van der Waals surface area contributed by atoms with E-state index in [4.69, 9.17) is 16.4 Å². The maximum Gasteiger partial charge on any atom is 0.270 e. The molecule has 6 heteroatoms. The summed E-state index contributed by atoms with van der Waals surface area (Å²) in [6.07, 6.45) is 6.64. The molecular weight excluding hydrogens is 318 g/mol. The molecule has 0 bridgehead atoms. The second kappa shape index (κ2) is 7.97. The van der Waals surface area contributed by atoms with Crippen molar-refractivity contribution >= 4 is 17.3 Å². The molecule has 0 heterocycles.